The van der Waals surface area contributed by atoms with Crippen molar-refractivity contribution >= 4 is 44.8 Å². The van der Waals surface area contributed by atoms with Gasteiger partial charge in [0.05, 0.1) is 41.3 Å². The fraction of sp³-hybridized carbons (Fsp3) is 0.120. The minimum atomic E-state index is -3.97. The molecule has 36 heavy (non-hydrogen) atoms. The first-order chi connectivity index (χ1) is 17.1. The van der Waals surface area contributed by atoms with Crippen molar-refractivity contribution in [2.45, 2.75) is 10.9 Å². The Kier molecular flexibility index (Phi) is 6.77. The minimum absolute atomic E-state index is 0.0993. The summed E-state index contributed by atoms with van der Waals surface area (Å²) in [5.41, 5.74) is 0.679. The number of hydrogen-bond donors (Lipinski definition) is 2. The molecule has 11 heteroatoms. The molecule has 1 amide bonds. The molecule has 0 saturated carbocycles. The third-order valence-corrected chi connectivity index (χ3v) is 6.96. The summed E-state index contributed by atoms with van der Waals surface area (Å²) in [6.07, 6.45) is 0. The normalized spacial score (nSPS) is 17.3. The number of primary sulfonamides is 1. The van der Waals surface area contributed by atoms with Gasteiger partial charge in [-0.3, -0.25) is 14.5 Å². The number of carbonyl (C=O) groups excluding carboxylic acids is 2. The van der Waals surface area contributed by atoms with Crippen LogP contribution in [0.15, 0.2) is 77.2 Å². The van der Waals surface area contributed by atoms with Crippen molar-refractivity contribution in [1.82, 2.24) is 0 Å². The summed E-state index contributed by atoms with van der Waals surface area (Å²) < 4.78 is 33.9. The molecule has 0 spiro atoms. The second-order valence-corrected chi connectivity index (χ2v) is 9.77. The van der Waals surface area contributed by atoms with E-state index in [-0.39, 0.29) is 38.2 Å². The van der Waals surface area contributed by atoms with Gasteiger partial charge in [-0.15, -0.1) is 0 Å². The predicted molar refractivity (Wildman–Crippen MR) is 134 cm³/mol. The molecule has 0 aromatic heterocycles. The van der Waals surface area contributed by atoms with E-state index in [1.807, 2.05) is 0 Å². The molecule has 1 aliphatic heterocycles. The number of methoxy groups -OCH3 is 2. The fourth-order valence-corrected chi connectivity index (χ4v) is 4.78. The summed E-state index contributed by atoms with van der Waals surface area (Å²) in [7, 11) is -1.20. The highest BCUT2D eigenvalue weighted by Crippen LogP contribution is 2.44. The van der Waals surface area contributed by atoms with Crippen LogP contribution in [0.1, 0.15) is 17.2 Å². The van der Waals surface area contributed by atoms with E-state index in [4.69, 9.17) is 26.2 Å². The second kappa shape index (κ2) is 9.65. The summed E-state index contributed by atoms with van der Waals surface area (Å²) >= 11 is 6.19. The van der Waals surface area contributed by atoms with E-state index in [9.17, 15) is 23.1 Å². The van der Waals surface area contributed by atoms with E-state index < -0.39 is 33.5 Å². The van der Waals surface area contributed by atoms with Gasteiger partial charge >= 0.3 is 0 Å². The number of halogens is 1. The number of anilines is 1. The van der Waals surface area contributed by atoms with Crippen LogP contribution in [0, 0.1) is 0 Å². The van der Waals surface area contributed by atoms with Crippen LogP contribution in [0.25, 0.3) is 5.76 Å². The van der Waals surface area contributed by atoms with Gasteiger partial charge in [0.25, 0.3) is 11.7 Å². The Hall–Kier alpha value is -3.86. The zero-order chi connectivity index (χ0) is 26.2. The number of amides is 1. The lowest BCUT2D eigenvalue weighted by Crippen LogP contribution is -2.29. The maximum absolute atomic E-state index is 13.3. The Morgan fingerprint density at radius 2 is 1.58 bits per heavy atom. The van der Waals surface area contributed by atoms with Crippen molar-refractivity contribution in [2.75, 3.05) is 19.1 Å². The molecule has 1 saturated heterocycles. The van der Waals surface area contributed by atoms with Crippen molar-refractivity contribution in [3.05, 3.63) is 88.5 Å². The number of ketones is 1. The van der Waals surface area contributed by atoms with Crippen molar-refractivity contribution in [3.8, 4) is 11.5 Å². The minimum Gasteiger partial charge on any atom is -0.507 e. The Morgan fingerprint density at radius 1 is 0.972 bits per heavy atom. The highest BCUT2D eigenvalue weighted by atomic mass is 35.5. The van der Waals surface area contributed by atoms with Crippen LogP contribution >= 0.6 is 11.6 Å². The number of Topliss-reactive ketones (excluding diaryl/α,β-unsaturated/α-hetero) is 1. The maximum Gasteiger partial charge on any atom is 0.300 e. The number of carbonyl (C=O) groups is 2. The zero-order valence-electron chi connectivity index (χ0n) is 19.1. The van der Waals surface area contributed by atoms with Crippen LogP contribution in [0.3, 0.4) is 0 Å². The zero-order valence-corrected chi connectivity index (χ0v) is 20.7. The molecule has 0 bridgehead atoms. The van der Waals surface area contributed by atoms with Crippen LogP contribution in [0.4, 0.5) is 5.69 Å². The van der Waals surface area contributed by atoms with Crippen LogP contribution in [-0.2, 0) is 19.6 Å². The van der Waals surface area contributed by atoms with E-state index >= 15 is 0 Å². The van der Waals surface area contributed by atoms with Crippen molar-refractivity contribution < 1.29 is 32.6 Å². The van der Waals surface area contributed by atoms with E-state index in [0.29, 0.717) is 5.56 Å². The molecule has 1 fully saturated rings. The van der Waals surface area contributed by atoms with Gasteiger partial charge in [0.1, 0.15) is 17.3 Å². The van der Waals surface area contributed by atoms with Crippen molar-refractivity contribution in [1.29, 1.82) is 0 Å². The highest BCUT2D eigenvalue weighted by Gasteiger charge is 2.47. The average Bonchev–Trinajstić information content (AvgIpc) is 3.13. The number of rotatable bonds is 6. The Morgan fingerprint density at radius 3 is 2.14 bits per heavy atom. The molecule has 3 N–H and O–H groups in total. The lowest BCUT2D eigenvalue weighted by Gasteiger charge is -2.25. The average molecular weight is 529 g/mol. The van der Waals surface area contributed by atoms with Crippen LogP contribution in [0.2, 0.25) is 5.02 Å². The molecule has 3 aromatic carbocycles. The third kappa shape index (κ3) is 4.41. The van der Waals surface area contributed by atoms with Gasteiger partial charge in [-0.25, -0.2) is 13.6 Å². The lowest BCUT2D eigenvalue weighted by atomic mass is 9.94. The Bertz CT molecular complexity index is 1490. The third-order valence-electron chi connectivity index (χ3n) is 5.73. The summed E-state index contributed by atoms with van der Waals surface area (Å²) in [6.45, 7) is 0. The smallest absolute Gasteiger partial charge is 0.300 e. The number of benzene rings is 3. The standard InChI is InChI=1S/C25H21ClN2O7S/c1-34-19-13-18(26)20(35-2)12-17(19)23(29)21-22(14-6-4-3-5-7-14)28(25(31)24(21)30)15-8-10-16(11-9-15)36(27,32)33/h3-13,22,29H,1-2H3,(H2,27,32,33)/b23-21+. The van der Waals surface area contributed by atoms with Crippen molar-refractivity contribution in [2.24, 2.45) is 5.14 Å². The van der Waals surface area contributed by atoms with E-state index in [0.717, 1.165) is 0 Å². The number of ether oxygens (including phenoxy) is 2. The second-order valence-electron chi connectivity index (χ2n) is 7.81. The van der Waals surface area contributed by atoms with Gasteiger partial charge in [0, 0.05) is 11.8 Å². The molecule has 1 heterocycles. The van der Waals surface area contributed by atoms with E-state index in [2.05, 4.69) is 0 Å². The Balaban J connectivity index is 1.96. The molecule has 9 nitrogen and oxygen atoms in total. The van der Waals surface area contributed by atoms with Gasteiger partial charge < -0.3 is 14.6 Å². The summed E-state index contributed by atoms with van der Waals surface area (Å²) in [5.74, 6) is -1.95. The maximum atomic E-state index is 13.3. The summed E-state index contributed by atoms with van der Waals surface area (Å²) in [5, 5.41) is 16.8. The summed E-state index contributed by atoms with van der Waals surface area (Å²) in [6, 6.07) is 15.6. The number of nitrogens with zero attached hydrogens (tertiary/aromatic N) is 1. The molecular weight excluding hydrogens is 508 g/mol. The van der Waals surface area contributed by atoms with Crippen LogP contribution < -0.4 is 19.5 Å². The quantitative estimate of drug-likeness (QED) is 0.283. The number of aliphatic hydroxyl groups is 1. The molecule has 0 radical (unpaired) electrons. The number of sulfonamides is 1. The first kappa shape index (κ1) is 25.2. The molecule has 3 aromatic rings. The first-order valence-corrected chi connectivity index (χ1v) is 12.4. The lowest BCUT2D eigenvalue weighted by molar-refractivity contribution is -0.132. The van der Waals surface area contributed by atoms with Gasteiger partial charge in [-0.1, -0.05) is 41.9 Å². The SMILES string of the molecule is COc1cc(/C(O)=C2\C(=O)C(=O)N(c3ccc(S(N)(=O)=O)cc3)C2c2ccccc2)c(OC)cc1Cl. The van der Waals surface area contributed by atoms with Gasteiger partial charge in [-0.2, -0.15) is 0 Å². The molecule has 1 atom stereocenters. The largest absolute Gasteiger partial charge is 0.507 e. The molecule has 1 aliphatic rings. The predicted octanol–water partition coefficient (Wildman–Crippen LogP) is 3.63. The van der Waals surface area contributed by atoms with E-state index in [1.165, 1.54) is 55.5 Å². The monoisotopic (exact) mass is 528 g/mol. The summed E-state index contributed by atoms with van der Waals surface area (Å²) in [4.78, 5) is 27.6. The Labute approximate surface area is 212 Å². The number of aliphatic hydroxyl groups excluding tert-OH is 1. The molecule has 1 unspecified atom stereocenters. The van der Waals surface area contributed by atoms with Gasteiger partial charge in [-0.05, 0) is 35.9 Å². The van der Waals surface area contributed by atoms with Crippen LogP contribution in [0.5, 0.6) is 11.5 Å². The van der Waals surface area contributed by atoms with Crippen molar-refractivity contribution in [3.63, 3.8) is 0 Å². The molecule has 4 rings (SSSR count). The van der Waals surface area contributed by atoms with Gasteiger partial charge in [0.2, 0.25) is 10.0 Å². The highest BCUT2D eigenvalue weighted by molar-refractivity contribution is 7.89. The topological polar surface area (TPSA) is 136 Å². The number of hydrogen-bond acceptors (Lipinski definition) is 7. The number of nitrogens with two attached hydrogens (primary N) is 1. The van der Waals surface area contributed by atoms with E-state index in [1.54, 1.807) is 30.3 Å². The van der Waals surface area contributed by atoms with Gasteiger partial charge in [0.15, 0.2) is 0 Å². The fourth-order valence-electron chi connectivity index (χ4n) is 4.04. The molecular formula is C25H21ClN2O7S. The first-order valence-electron chi connectivity index (χ1n) is 10.5. The van der Waals surface area contributed by atoms with Crippen LogP contribution in [-0.4, -0.2) is 39.4 Å². The molecule has 0 aliphatic carbocycles. The molecule has 186 valence electrons.